The molecule has 0 saturated heterocycles. The number of carbonyl (C=O) groups is 1. The first kappa shape index (κ1) is 19.9. The first-order chi connectivity index (χ1) is 14.1. The molecule has 0 fully saturated rings. The van der Waals surface area contributed by atoms with Gasteiger partial charge in [-0.15, -0.1) is 0 Å². The highest BCUT2D eigenvalue weighted by atomic mass is 16.5. The number of benzene rings is 2. The smallest absolute Gasteiger partial charge is 0.243 e. The summed E-state index contributed by atoms with van der Waals surface area (Å²) in [5.74, 6) is 1.71. The van der Waals surface area contributed by atoms with Crippen LogP contribution in [0.15, 0.2) is 67.4 Å². The maximum absolute atomic E-state index is 11.4. The molecule has 3 N–H and O–H groups in total. The highest BCUT2D eigenvalue weighted by molar-refractivity contribution is 5.86. The van der Waals surface area contributed by atoms with Crippen LogP contribution in [0.25, 0.3) is 0 Å². The number of methoxy groups -OCH3 is 1. The van der Waals surface area contributed by atoms with Gasteiger partial charge in [0, 0.05) is 35.7 Å². The second-order valence-electron chi connectivity index (χ2n) is 6.33. The molecule has 0 aliphatic heterocycles. The first-order valence-electron chi connectivity index (χ1n) is 9.08. The summed E-state index contributed by atoms with van der Waals surface area (Å²) in [7, 11) is 1.63. The van der Waals surface area contributed by atoms with Gasteiger partial charge in [-0.3, -0.25) is 4.79 Å². The largest absolute Gasteiger partial charge is 0.497 e. The molecule has 1 heterocycles. The predicted octanol–water partition coefficient (Wildman–Crippen LogP) is 4.08. The van der Waals surface area contributed by atoms with Gasteiger partial charge in [0.15, 0.2) is 0 Å². The van der Waals surface area contributed by atoms with Gasteiger partial charge in [0.2, 0.25) is 11.9 Å². The number of aromatic nitrogens is 2. The van der Waals surface area contributed by atoms with Crippen molar-refractivity contribution in [2.45, 2.75) is 13.5 Å². The van der Waals surface area contributed by atoms with E-state index in [1.807, 2.05) is 55.5 Å². The van der Waals surface area contributed by atoms with E-state index in [1.54, 1.807) is 13.3 Å². The lowest BCUT2D eigenvalue weighted by molar-refractivity contribution is -0.116. The van der Waals surface area contributed by atoms with Crippen molar-refractivity contribution < 1.29 is 9.53 Å². The van der Waals surface area contributed by atoms with Crippen LogP contribution < -0.4 is 20.7 Å². The average Bonchev–Trinajstić information content (AvgIpc) is 2.75. The number of aryl methyl sites for hydroxylation is 1. The zero-order chi connectivity index (χ0) is 20.6. The van der Waals surface area contributed by atoms with E-state index in [1.165, 1.54) is 6.08 Å². The molecule has 0 bridgehead atoms. The third-order valence-corrected chi connectivity index (χ3v) is 4.14. The van der Waals surface area contributed by atoms with Crippen molar-refractivity contribution in [2.24, 2.45) is 0 Å². The number of ether oxygens (including phenoxy) is 1. The Labute approximate surface area is 169 Å². The van der Waals surface area contributed by atoms with Crippen molar-refractivity contribution >= 4 is 29.0 Å². The molecule has 3 rings (SSSR count). The molecule has 0 radical (unpaired) electrons. The third kappa shape index (κ3) is 5.55. The molecule has 0 spiro atoms. The van der Waals surface area contributed by atoms with Gasteiger partial charge in [0.05, 0.1) is 7.11 Å². The number of hydrogen-bond acceptors (Lipinski definition) is 6. The Bertz CT molecular complexity index is 1020. The lowest BCUT2D eigenvalue weighted by Gasteiger charge is -2.12. The van der Waals surface area contributed by atoms with E-state index < -0.39 is 0 Å². The van der Waals surface area contributed by atoms with Crippen molar-refractivity contribution in [3.05, 3.63) is 78.5 Å². The van der Waals surface area contributed by atoms with Gasteiger partial charge >= 0.3 is 0 Å². The molecule has 0 saturated carbocycles. The summed E-state index contributed by atoms with van der Waals surface area (Å²) in [4.78, 5) is 20.3. The van der Waals surface area contributed by atoms with Crippen LogP contribution in [0.2, 0.25) is 0 Å². The number of nitrogens with zero attached hydrogens (tertiary/aromatic N) is 2. The fourth-order valence-electron chi connectivity index (χ4n) is 2.62. The second-order valence-corrected chi connectivity index (χ2v) is 6.33. The molecule has 7 nitrogen and oxygen atoms in total. The van der Waals surface area contributed by atoms with Gasteiger partial charge in [0.25, 0.3) is 0 Å². The molecule has 148 valence electrons. The van der Waals surface area contributed by atoms with E-state index >= 15 is 0 Å². The average molecular weight is 389 g/mol. The van der Waals surface area contributed by atoms with E-state index in [0.29, 0.717) is 18.3 Å². The maximum Gasteiger partial charge on any atom is 0.243 e. The monoisotopic (exact) mass is 389 g/mol. The quantitative estimate of drug-likeness (QED) is 0.503. The van der Waals surface area contributed by atoms with Crippen LogP contribution in [-0.4, -0.2) is 23.0 Å². The van der Waals surface area contributed by atoms with Gasteiger partial charge in [-0.05, 0) is 42.8 Å². The van der Waals surface area contributed by atoms with Gasteiger partial charge in [-0.2, -0.15) is 4.98 Å². The minimum atomic E-state index is -0.205. The minimum absolute atomic E-state index is 0.205. The highest BCUT2D eigenvalue weighted by Crippen LogP contribution is 2.23. The zero-order valence-electron chi connectivity index (χ0n) is 16.4. The van der Waals surface area contributed by atoms with E-state index in [-0.39, 0.29) is 5.91 Å². The molecular formula is C22H23N5O2. The Balaban J connectivity index is 1.74. The van der Waals surface area contributed by atoms with Crippen molar-refractivity contribution in [3.63, 3.8) is 0 Å². The summed E-state index contributed by atoms with van der Waals surface area (Å²) < 4.78 is 5.24. The summed E-state index contributed by atoms with van der Waals surface area (Å²) in [6.45, 7) is 5.81. The van der Waals surface area contributed by atoms with Gasteiger partial charge in [0.1, 0.15) is 11.6 Å². The molecule has 0 aliphatic carbocycles. The topological polar surface area (TPSA) is 88.2 Å². The Morgan fingerprint density at radius 3 is 2.66 bits per heavy atom. The summed E-state index contributed by atoms with van der Waals surface area (Å²) in [6, 6.07) is 15.3. The van der Waals surface area contributed by atoms with Crippen molar-refractivity contribution in [1.82, 2.24) is 15.3 Å². The standard InChI is InChI=1S/C22H23N5O2/c1-4-20(28)23-14-16-7-5-8-17(11-16)25-21-15(2)13-24-22(27-21)26-18-9-6-10-19(12-18)29-3/h4-13H,1,14H2,2-3H3,(H,23,28)(H2,24,25,26,27). The molecule has 0 aliphatic rings. The summed E-state index contributed by atoms with van der Waals surface area (Å²) >= 11 is 0. The predicted molar refractivity (Wildman–Crippen MR) is 115 cm³/mol. The van der Waals surface area contributed by atoms with E-state index in [4.69, 9.17) is 4.74 Å². The molecule has 1 aromatic heterocycles. The number of rotatable bonds is 8. The Hall–Kier alpha value is -3.87. The van der Waals surface area contributed by atoms with Gasteiger partial charge in [-0.1, -0.05) is 24.8 Å². The fraction of sp³-hybridized carbons (Fsp3) is 0.136. The van der Waals surface area contributed by atoms with E-state index in [0.717, 1.165) is 28.3 Å². The van der Waals surface area contributed by atoms with Crippen LogP contribution in [0.4, 0.5) is 23.1 Å². The molecule has 3 aromatic rings. The van der Waals surface area contributed by atoms with Crippen LogP contribution in [0, 0.1) is 6.92 Å². The van der Waals surface area contributed by atoms with Crippen molar-refractivity contribution in [1.29, 1.82) is 0 Å². The Kier molecular flexibility index (Phi) is 6.42. The fourth-order valence-corrected chi connectivity index (χ4v) is 2.62. The number of anilines is 4. The van der Waals surface area contributed by atoms with E-state index in [9.17, 15) is 4.79 Å². The SMILES string of the molecule is C=CC(=O)NCc1cccc(Nc2nc(Nc3cccc(OC)c3)ncc2C)c1. The summed E-state index contributed by atoms with van der Waals surface area (Å²) in [5.41, 5.74) is 3.57. The third-order valence-electron chi connectivity index (χ3n) is 4.14. The first-order valence-corrected chi connectivity index (χ1v) is 9.08. The molecule has 0 atom stereocenters. The molecule has 7 heteroatoms. The van der Waals surface area contributed by atoms with Crippen LogP contribution in [-0.2, 0) is 11.3 Å². The maximum atomic E-state index is 11.4. The normalized spacial score (nSPS) is 10.1. The zero-order valence-corrected chi connectivity index (χ0v) is 16.4. The van der Waals surface area contributed by atoms with Gasteiger partial charge < -0.3 is 20.7 Å². The number of carbonyl (C=O) groups excluding carboxylic acids is 1. The second kappa shape index (κ2) is 9.36. The van der Waals surface area contributed by atoms with Crippen LogP contribution in [0.1, 0.15) is 11.1 Å². The number of hydrogen-bond donors (Lipinski definition) is 3. The van der Waals surface area contributed by atoms with E-state index in [2.05, 4.69) is 32.5 Å². The summed E-state index contributed by atoms with van der Waals surface area (Å²) in [6.07, 6.45) is 3.01. The molecule has 0 unspecified atom stereocenters. The Morgan fingerprint density at radius 1 is 1.14 bits per heavy atom. The molecule has 1 amide bonds. The lowest BCUT2D eigenvalue weighted by atomic mass is 10.2. The van der Waals surface area contributed by atoms with Crippen LogP contribution in [0.5, 0.6) is 5.75 Å². The number of nitrogens with one attached hydrogen (secondary N) is 3. The van der Waals surface area contributed by atoms with Gasteiger partial charge in [-0.25, -0.2) is 4.98 Å². The molecule has 29 heavy (non-hydrogen) atoms. The number of amides is 1. The van der Waals surface area contributed by atoms with Crippen LogP contribution >= 0.6 is 0 Å². The lowest BCUT2D eigenvalue weighted by Crippen LogP contribution is -2.19. The highest BCUT2D eigenvalue weighted by Gasteiger charge is 2.06. The molecular weight excluding hydrogens is 366 g/mol. The van der Waals surface area contributed by atoms with Crippen molar-refractivity contribution in [3.8, 4) is 5.75 Å². The Morgan fingerprint density at radius 2 is 1.90 bits per heavy atom. The summed E-state index contributed by atoms with van der Waals surface area (Å²) in [5, 5.41) is 9.26. The van der Waals surface area contributed by atoms with Crippen LogP contribution in [0.3, 0.4) is 0 Å². The minimum Gasteiger partial charge on any atom is -0.497 e. The van der Waals surface area contributed by atoms with Crippen molar-refractivity contribution in [2.75, 3.05) is 17.7 Å². The molecule has 2 aromatic carbocycles.